The maximum absolute atomic E-state index is 5.72. The lowest BCUT2D eigenvalue weighted by atomic mass is 9.99. The lowest BCUT2D eigenvalue weighted by molar-refractivity contribution is 0.416. The number of nitrogens with zero attached hydrogens (tertiary/aromatic N) is 1. The molecule has 34 heavy (non-hydrogen) atoms. The molecule has 0 amide bonds. The van der Waals surface area contributed by atoms with E-state index in [1.165, 1.54) is 16.7 Å². The van der Waals surface area contributed by atoms with Crippen LogP contribution in [0.5, 0.6) is 5.75 Å². The van der Waals surface area contributed by atoms with Crippen LogP contribution in [0.1, 0.15) is 5.56 Å². The van der Waals surface area contributed by atoms with Gasteiger partial charge in [-0.25, -0.2) is 0 Å². The second-order valence-electron chi connectivity index (χ2n) is 8.29. The molecule has 0 fully saturated rings. The van der Waals surface area contributed by atoms with Crippen LogP contribution in [-0.2, 0) is 0 Å². The van der Waals surface area contributed by atoms with Crippen molar-refractivity contribution < 1.29 is 4.74 Å². The molecule has 0 aliphatic carbocycles. The first kappa shape index (κ1) is 21.5. The van der Waals surface area contributed by atoms with E-state index in [1.807, 2.05) is 6.07 Å². The summed E-state index contributed by atoms with van der Waals surface area (Å²) < 4.78 is 5.72. The Morgan fingerprint density at radius 3 is 1.59 bits per heavy atom. The van der Waals surface area contributed by atoms with Crippen LogP contribution in [0.3, 0.4) is 0 Å². The van der Waals surface area contributed by atoms with Crippen molar-refractivity contribution in [2.45, 2.75) is 6.92 Å². The zero-order valence-corrected chi connectivity index (χ0v) is 19.5. The molecular weight excluding hydrogens is 414 g/mol. The van der Waals surface area contributed by atoms with Crippen LogP contribution >= 0.6 is 0 Å². The van der Waals surface area contributed by atoms with Crippen LogP contribution in [0.25, 0.3) is 22.3 Å². The maximum atomic E-state index is 5.72. The summed E-state index contributed by atoms with van der Waals surface area (Å²) in [6, 6.07) is 44.5. The molecule has 0 unspecified atom stereocenters. The summed E-state index contributed by atoms with van der Waals surface area (Å²) in [5.41, 5.74) is 9.19. The van der Waals surface area contributed by atoms with Crippen LogP contribution in [0.2, 0.25) is 0 Å². The fraction of sp³-hybridized carbons (Fsp3) is 0.0625. The van der Waals surface area contributed by atoms with Crippen molar-refractivity contribution in [3.05, 3.63) is 133 Å². The SMILES string of the molecule is COc1ccc(N(c2ccccc2)c2ccc(C)c(-c3ccccc3)c2)cc1-c1ccccc1. The van der Waals surface area contributed by atoms with Crippen molar-refractivity contribution in [1.82, 2.24) is 0 Å². The summed E-state index contributed by atoms with van der Waals surface area (Å²) in [7, 11) is 1.72. The number of anilines is 3. The molecule has 5 aromatic carbocycles. The Hall–Kier alpha value is -4.30. The third-order valence-corrected chi connectivity index (χ3v) is 6.10. The van der Waals surface area contributed by atoms with E-state index >= 15 is 0 Å². The monoisotopic (exact) mass is 441 g/mol. The first-order chi connectivity index (χ1) is 16.7. The lowest BCUT2D eigenvalue weighted by Crippen LogP contribution is -2.10. The Bertz CT molecular complexity index is 1380. The average molecular weight is 442 g/mol. The zero-order valence-electron chi connectivity index (χ0n) is 19.5. The fourth-order valence-electron chi connectivity index (χ4n) is 4.38. The number of hydrogen-bond acceptors (Lipinski definition) is 2. The summed E-state index contributed by atoms with van der Waals surface area (Å²) >= 11 is 0. The fourth-order valence-corrected chi connectivity index (χ4v) is 4.38. The van der Waals surface area contributed by atoms with Gasteiger partial charge in [0.1, 0.15) is 5.75 Å². The Morgan fingerprint density at radius 2 is 1.00 bits per heavy atom. The molecular formula is C32H27NO. The Balaban J connectivity index is 1.69. The standard InChI is InChI=1S/C32H27NO/c1-24-18-19-28(22-30(24)25-12-6-3-7-13-25)33(27-16-10-5-11-17-27)29-20-21-32(34-2)31(23-29)26-14-8-4-9-15-26/h3-23H,1-2H3. The van der Waals surface area contributed by atoms with Gasteiger partial charge in [0.05, 0.1) is 7.11 Å². The number of rotatable bonds is 6. The highest BCUT2D eigenvalue weighted by atomic mass is 16.5. The molecule has 166 valence electrons. The third-order valence-electron chi connectivity index (χ3n) is 6.10. The van der Waals surface area contributed by atoms with E-state index in [4.69, 9.17) is 4.74 Å². The zero-order chi connectivity index (χ0) is 23.3. The molecule has 0 saturated heterocycles. The largest absolute Gasteiger partial charge is 0.496 e. The van der Waals surface area contributed by atoms with Gasteiger partial charge in [0, 0.05) is 22.6 Å². The molecule has 0 aliphatic rings. The minimum atomic E-state index is 0.858. The molecule has 0 N–H and O–H groups in total. The second-order valence-corrected chi connectivity index (χ2v) is 8.29. The molecule has 0 radical (unpaired) electrons. The average Bonchev–Trinajstić information content (AvgIpc) is 2.91. The molecule has 5 rings (SSSR count). The molecule has 0 atom stereocenters. The topological polar surface area (TPSA) is 12.5 Å². The van der Waals surface area contributed by atoms with Gasteiger partial charge in [-0.3, -0.25) is 0 Å². The summed E-state index contributed by atoms with van der Waals surface area (Å²) in [6.07, 6.45) is 0. The highest BCUT2D eigenvalue weighted by Gasteiger charge is 2.17. The molecule has 2 heteroatoms. The molecule has 0 aromatic heterocycles. The van der Waals surface area contributed by atoms with Crippen LogP contribution in [0.15, 0.2) is 127 Å². The van der Waals surface area contributed by atoms with Gasteiger partial charge in [0.15, 0.2) is 0 Å². The van der Waals surface area contributed by atoms with E-state index in [1.54, 1.807) is 7.11 Å². The Labute approximate surface area is 201 Å². The van der Waals surface area contributed by atoms with Crippen LogP contribution < -0.4 is 9.64 Å². The summed E-state index contributed by atoms with van der Waals surface area (Å²) in [5, 5.41) is 0. The van der Waals surface area contributed by atoms with Gasteiger partial charge in [-0.05, 0) is 71.6 Å². The van der Waals surface area contributed by atoms with E-state index in [9.17, 15) is 0 Å². The van der Waals surface area contributed by atoms with E-state index in [2.05, 4.69) is 133 Å². The van der Waals surface area contributed by atoms with Crippen molar-refractivity contribution in [1.29, 1.82) is 0 Å². The van der Waals surface area contributed by atoms with Crippen molar-refractivity contribution in [2.24, 2.45) is 0 Å². The number of benzene rings is 5. The van der Waals surface area contributed by atoms with E-state index in [0.29, 0.717) is 0 Å². The van der Waals surface area contributed by atoms with Crippen molar-refractivity contribution >= 4 is 17.1 Å². The third kappa shape index (κ3) is 4.31. The molecule has 2 nitrogen and oxygen atoms in total. The van der Waals surface area contributed by atoms with Gasteiger partial charge in [-0.1, -0.05) is 84.9 Å². The maximum Gasteiger partial charge on any atom is 0.126 e. The molecule has 0 bridgehead atoms. The molecule has 0 heterocycles. The predicted octanol–water partition coefficient (Wildman–Crippen LogP) is 8.81. The highest BCUT2D eigenvalue weighted by Crippen LogP contribution is 2.41. The summed E-state index contributed by atoms with van der Waals surface area (Å²) in [4.78, 5) is 2.30. The van der Waals surface area contributed by atoms with Gasteiger partial charge < -0.3 is 9.64 Å². The number of ether oxygens (including phenoxy) is 1. The molecule has 0 saturated carbocycles. The molecule has 0 aliphatic heterocycles. The predicted molar refractivity (Wildman–Crippen MR) is 143 cm³/mol. The van der Waals surface area contributed by atoms with E-state index in [-0.39, 0.29) is 0 Å². The number of para-hydroxylation sites is 1. The van der Waals surface area contributed by atoms with E-state index in [0.717, 1.165) is 33.9 Å². The first-order valence-corrected chi connectivity index (χ1v) is 11.5. The first-order valence-electron chi connectivity index (χ1n) is 11.5. The minimum absolute atomic E-state index is 0.858. The van der Waals surface area contributed by atoms with Gasteiger partial charge in [0.25, 0.3) is 0 Å². The smallest absolute Gasteiger partial charge is 0.126 e. The second kappa shape index (κ2) is 9.68. The van der Waals surface area contributed by atoms with Gasteiger partial charge in [0.2, 0.25) is 0 Å². The van der Waals surface area contributed by atoms with E-state index < -0.39 is 0 Å². The number of aryl methyl sites for hydroxylation is 1. The Kier molecular flexibility index (Phi) is 6.13. The van der Waals surface area contributed by atoms with Crippen molar-refractivity contribution in [3.8, 4) is 28.0 Å². The van der Waals surface area contributed by atoms with Gasteiger partial charge in [-0.15, -0.1) is 0 Å². The highest BCUT2D eigenvalue weighted by molar-refractivity contribution is 5.84. The number of methoxy groups -OCH3 is 1. The van der Waals surface area contributed by atoms with Crippen LogP contribution in [0, 0.1) is 6.92 Å². The summed E-state index contributed by atoms with van der Waals surface area (Å²) in [6.45, 7) is 2.17. The van der Waals surface area contributed by atoms with Crippen LogP contribution in [0.4, 0.5) is 17.1 Å². The minimum Gasteiger partial charge on any atom is -0.496 e. The normalized spacial score (nSPS) is 10.6. The summed E-state index contributed by atoms with van der Waals surface area (Å²) in [5.74, 6) is 0.858. The molecule has 5 aromatic rings. The van der Waals surface area contributed by atoms with Gasteiger partial charge >= 0.3 is 0 Å². The van der Waals surface area contributed by atoms with Crippen molar-refractivity contribution in [3.63, 3.8) is 0 Å². The number of hydrogen-bond donors (Lipinski definition) is 0. The van der Waals surface area contributed by atoms with Crippen molar-refractivity contribution in [2.75, 3.05) is 12.0 Å². The molecule has 0 spiro atoms. The lowest BCUT2D eigenvalue weighted by Gasteiger charge is -2.27. The Morgan fingerprint density at radius 1 is 0.500 bits per heavy atom. The quantitative estimate of drug-likeness (QED) is 0.261. The van der Waals surface area contributed by atoms with Crippen LogP contribution in [-0.4, -0.2) is 7.11 Å². The van der Waals surface area contributed by atoms with Gasteiger partial charge in [-0.2, -0.15) is 0 Å².